The van der Waals surface area contributed by atoms with E-state index in [1.54, 1.807) is 36.4 Å². The molecule has 0 unspecified atom stereocenters. The average molecular weight is 368 g/mol. The standard InChI is InChI=1S/C19H20N4O2S/c1-13-5-8-16(9-6-13)26(24,25)23-19-11-10-18(21-22-19)20-17-12-14(2)4-7-15(17)3/h4-12H,1-3H3,(H,20,21)(H,22,23). The Bertz CT molecular complexity index is 1010. The van der Waals surface area contributed by atoms with Crippen molar-refractivity contribution in [3.8, 4) is 0 Å². The van der Waals surface area contributed by atoms with Gasteiger partial charge in [0.1, 0.15) is 0 Å². The second-order valence-corrected chi connectivity index (χ2v) is 7.85. The number of sulfonamides is 1. The maximum atomic E-state index is 12.4. The van der Waals surface area contributed by atoms with Crippen molar-refractivity contribution in [2.45, 2.75) is 25.7 Å². The molecule has 0 saturated heterocycles. The number of aromatic nitrogens is 2. The zero-order valence-corrected chi connectivity index (χ0v) is 15.6. The number of rotatable bonds is 5. The summed E-state index contributed by atoms with van der Waals surface area (Å²) in [5, 5.41) is 11.2. The summed E-state index contributed by atoms with van der Waals surface area (Å²) in [6.07, 6.45) is 0. The number of anilines is 3. The number of hydrogen-bond acceptors (Lipinski definition) is 5. The summed E-state index contributed by atoms with van der Waals surface area (Å²) in [7, 11) is -3.69. The molecular weight excluding hydrogens is 348 g/mol. The first kappa shape index (κ1) is 17.9. The lowest BCUT2D eigenvalue weighted by Gasteiger charge is -2.10. The Labute approximate surface area is 153 Å². The molecule has 134 valence electrons. The van der Waals surface area contributed by atoms with E-state index >= 15 is 0 Å². The summed E-state index contributed by atoms with van der Waals surface area (Å²) in [4.78, 5) is 0.183. The van der Waals surface area contributed by atoms with Gasteiger partial charge in [-0.1, -0.05) is 29.8 Å². The van der Waals surface area contributed by atoms with Crippen LogP contribution in [0.3, 0.4) is 0 Å². The van der Waals surface area contributed by atoms with Crippen molar-refractivity contribution < 1.29 is 8.42 Å². The van der Waals surface area contributed by atoms with Crippen molar-refractivity contribution in [2.24, 2.45) is 0 Å². The van der Waals surface area contributed by atoms with Crippen LogP contribution in [0.25, 0.3) is 0 Å². The van der Waals surface area contributed by atoms with Gasteiger partial charge in [-0.2, -0.15) is 0 Å². The molecule has 3 aromatic rings. The minimum Gasteiger partial charge on any atom is -0.339 e. The first-order valence-corrected chi connectivity index (χ1v) is 9.59. The highest BCUT2D eigenvalue weighted by atomic mass is 32.2. The van der Waals surface area contributed by atoms with Crippen molar-refractivity contribution in [1.29, 1.82) is 0 Å². The normalized spacial score (nSPS) is 11.2. The molecule has 0 fully saturated rings. The molecule has 0 aliphatic rings. The molecule has 1 heterocycles. The largest absolute Gasteiger partial charge is 0.339 e. The zero-order valence-electron chi connectivity index (χ0n) is 14.8. The predicted molar refractivity (Wildman–Crippen MR) is 103 cm³/mol. The molecule has 0 radical (unpaired) electrons. The highest BCUT2D eigenvalue weighted by molar-refractivity contribution is 7.92. The molecule has 26 heavy (non-hydrogen) atoms. The van der Waals surface area contributed by atoms with E-state index in [-0.39, 0.29) is 10.7 Å². The van der Waals surface area contributed by atoms with Gasteiger partial charge in [0, 0.05) is 5.69 Å². The third kappa shape index (κ3) is 4.18. The fourth-order valence-electron chi connectivity index (χ4n) is 2.38. The van der Waals surface area contributed by atoms with E-state index in [1.807, 2.05) is 39.0 Å². The number of nitrogens with zero attached hydrogens (tertiary/aromatic N) is 2. The molecule has 0 spiro atoms. The smallest absolute Gasteiger partial charge is 0.263 e. The first-order chi connectivity index (χ1) is 12.3. The number of benzene rings is 2. The van der Waals surface area contributed by atoms with Gasteiger partial charge in [-0.3, -0.25) is 4.72 Å². The Hall–Kier alpha value is -2.93. The third-order valence-corrected chi connectivity index (χ3v) is 5.26. The minimum atomic E-state index is -3.69. The SMILES string of the molecule is Cc1ccc(S(=O)(=O)Nc2ccc(Nc3cc(C)ccc3C)nn2)cc1. The lowest BCUT2D eigenvalue weighted by Crippen LogP contribution is -2.14. The number of hydrogen-bond donors (Lipinski definition) is 2. The van der Waals surface area contributed by atoms with Crippen molar-refractivity contribution >= 4 is 27.3 Å². The minimum absolute atomic E-state index is 0.164. The second kappa shape index (κ2) is 7.13. The highest BCUT2D eigenvalue weighted by Crippen LogP contribution is 2.21. The van der Waals surface area contributed by atoms with Crippen molar-refractivity contribution in [3.63, 3.8) is 0 Å². The molecule has 0 aliphatic carbocycles. The molecule has 3 rings (SSSR count). The second-order valence-electron chi connectivity index (χ2n) is 6.17. The third-order valence-electron chi connectivity index (χ3n) is 3.89. The Morgan fingerprint density at radius 1 is 0.769 bits per heavy atom. The summed E-state index contributed by atoms with van der Waals surface area (Å²) < 4.78 is 27.2. The van der Waals surface area contributed by atoms with Crippen LogP contribution < -0.4 is 10.0 Å². The maximum absolute atomic E-state index is 12.4. The zero-order chi connectivity index (χ0) is 18.7. The van der Waals surface area contributed by atoms with E-state index in [4.69, 9.17) is 0 Å². The van der Waals surface area contributed by atoms with Gasteiger partial charge >= 0.3 is 0 Å². The van der Waals surface area contributed by atoms with E-state index in [2.05, 4.69) is 20.2 Å². The van der Waals surface area contributed by atoms with Crippen LogP contribution in [0.1, 0.15) is 16.7 Å². The number of aryl methyl sites for hydroxylation is 3. The first-order valence-electron chi connectivity index (χ1n) is 8.11. The Kier molecular flexibility index (Phi) is 4.90. The van der Waals surface area contributed by atoms with Crippen molar-refractivity contribution in [3.05, 3.63) is 71.3 Å². The average Bonchev–Trinajstić information content (AvgIpc) is 2.60. The monoisotopic (exact) mass is 368 g/mol. The molecule has 0 aliphatic heterocycles. The molecule has 0 atom stereocenters. The predicted octanol–water partition coefficient (Wildman–Crippen LogP) is 3.95. The van der Waals surface area contributed by atoms with Crippen molar-refractivity contribution in [1.82, 2.24) is 10.2 Å². The van der Waals surface area contributed by atoms with Crippen LogP contribution >= 0.6 is 0 Å². The summed E-state index contributed by atoms with van der Waals surface area (Å²) >= 11 is 0. The number of nitrogens with one attached hydrogen (secondary N) is 2. The molecule has 2 aromatic carbocycles. The van der Waals surface area contributed by atoms with Gasteiger partial charge in [-0.15, -0.1) is 10.2 Å². The van der Waals surface area contributed by atoms with Crippen molar-refractivity contribution in [2.75, 3.05) is 10.0 Å². The molecule has 0 bridgehead atoms. The molecule has 7 heteroatoms. The van der Waals surface area contributed by atoms with E-state index in [0.29, 0.717) is 5.82 Å². The van der Waals surface area contributed by atoms with Crippen LogP contribution in [0.4, 0.5) is 17.3 Å². The van der Waals surface area contributed by atoms with E-state index in [1.165, 1.54) is 0 Å². The summed E-state index contributed by atoms with van der Waals surface area (Å²) in [5.41, 5.74) is 4.15. The van der Waals surface area contributed by atoms with Crippen LogP contribution in [-0.2, 0) is 10.0 Å². The van der Waals surface area contributed by atoms with E-state index in [9.17, 15) is 8.42 Å². The van der Waals surface area contributed by atoms with Gasteiger partial charge in [-0.25, -0.2) is 8.42 Å². The maximum Gasteiger partial charge on any atom is 0.263 e. The van der Waals surface area contributed by atoms with Crippen LogP contribution in [-0.4, -0.2) is 18.6 Å². The highest BCUT2D eigenvalue weighted by Gasteiger charge is 2.14. The fraction of sp³-hybridized carbons (Fsp3) is 0.158. The van der Waals surface area contributed by atoms with E-state index in [0.717, 1.165) is 22.4 Å². The lowest BCUT2D eigenvalue weighted by atomic mass is 10.1. The van der Waals surface area contributed by atoms with E-state index < -0.39 is 10.0 Å². The molecular formula is C19H20N4O2S. The van der Waals surface area contributed by atoms with Gasteiger partial charge in [0.2, 0.25) is 0 Å². The molecule has 0 saturated carbocycles. The van der Waals surface area contributed by atoms with Gasteiger partial charge in [0.25, 0.3) is 10.0 Å². The topological polar surface area (TPSA) is 84.0 Å². The Morgan fingerprint density at radius 2 is 1.38 bits per heavy atom. The molecule has 0 amide bonds. The van der Waals surface area contributed by atoms with Gasteiger partial charge in [-0.05, 0) is 62.2 Å². The van der Waals surface area contributed by atoms with Gasteiger partial charge < -0.3 is 5.32 Å². The fourth-order valence-corrected chi connectivity index (χ4v) is 3.37. The lowest BCUT2D eigenvalue weighted by molar-refractivity contribution is 0.601. The molecule has 6 nitrogen and oxygen atoms in total. The van der Waals surface area contributed by atoms with Crippen LogP contribution in [0.15, 0.2) is 59.5 Å². The molecule has 2 N–H and O–H groups in total. The van der Waals surface area contributed by atoms with Gasteiger partial charge in [0.15, 0.2) is 11.6 Å². The summed E-state index contributed by atoms with van der Waals surface area (Å²) in [6, 6.07) is 15.9. The quantitative estimate of drug-likeness (QED) is 0.712. The Balaban J connectivity index is 1.75. The van der Waals surface area contributed by atoms with Crippen LogP contribution in [0, 0.1) is 20.8 Å². The van der Waals surface area contributed by atoms with Crippen LogP contribution in [0.2, 0.25) is 0 Å². The summed E-state index contributed by atoms with van der Waals surface area (Å²) in [6.45, 7) is 5.91. The summed E-state index contributed by atoms with van der Waals surface area (Å²) in [5.74, 6) is 0.703. The van der Waals surface area contributed by atoms with Crippen LogP contribution in [0.5, 0.6) is 0 Å². The molecule has 1 aromatic heterocycles. The Morgan fingerprint density at radius 3 is 2.04 bits per heavy atom. The van der Waals surface area contributed by atoms with Gasteiger partial charge in [0.05, 0.1) is 4.90 Å².